The van der Waals surface area contributed by atoms with Gasteiger partial charge in [-0.15, -0.1) is 0 Å². The van der Waals surface area contributed by atoms with Crippen molar-refractivity contribution in [2.24, 2.45) is 5.41 Å². The Bertz CT molecular complexity index is 653. The Morgan fingerprint density at radius 3 is 2.48 bits per heavy atom. The van der Waals surface area contributed by atoms with Gasteiger partial charge in [0.05, 0.1) is 0 Å². The minimum atomic E-state index is -1.11. The molecule has 0 spiro atoms. The highest BCUT2D eigenvalue weighted by Gasteiger charge is 2.53. The summed E-state index contributed by atoms with van der Waals surface area (Å²) in [5.74, 6) is -0.318. The summed E-state index contributed by atoms with van der Waals surface area (Å²) >= 11 is 12.6. The summed E-state index contributed by atoms with van der Waals surface area (Å²) in [7, 11) is 1.58. The Hall–Kier alpha value is -1.26. The van der Waals surface area contributed by atoms with E-state index < -0.39 is 5.41 Å². The Morgan fingerprint density at radius 1 is 1.24 bits per heavy atom. The molecule has 1 N–H and O–H groups in total. The molecule has 1 aromatic rings. The van der Waals surface area contributed by atoms with Gasteiger partial charge in [-0.1, -0.05) is 48.5 Å². The van der Waals surface area contributed by atoms with Crippen LogP contribution in [0.2, 0.25) is 10.0 Å². The van der Waals surface area contributed by atoms with Crippen LogP contribution in [0.4, 0.5) is 0 Å². The van der Waals surface area contributed by atoms with Crippen LogP contribution in [0, 0.1) is 5.41 Å². The molecule has 3 rings (SSSR count). The summed E-state index contributed by atoms with van der Waals surface area (Å²) in [6.07, 6.45) is 6.34. The van der Waals surface area contributed by atoms with Crippen LogP contribution in [-0.4, -0.2) is 36.3 Å². The van der Waals surface area contributed by atoms with Gasteiger partial charge in [-0.3, -0.25) is 9.59 Å². The van der Waals surface area contributed by atoms with Crippen LogP contribution in [0.3, 0.4) is 0 Å². The van der Waals surface area contributed by atoms with Crippen LogP contribution in [0.25, 0.3) is 0 Å². The van der Waals surface area contributed by atoms with Gasteiger partial charge in [-0.25, -0.2) is 0 Å². The number of carbonyl (C=O) groups is 2. The molecular weight excluding hydrogens is 359 g/mol. The molecule has 1 aliphatic carbocycles. The van der Waals surface area contributed by atoms with E-state index >= 15 is 0 Å². The molecule has 1 atom stereocenters. The summed E-state index contributed by atoms with van der Waals surface area (Å²) < 4.78 is 0. The summed E-state index contributed by atoms with van der Waals surface area (Å²) in [6, 6.07) is 5.53. The number of halogens is 2. The average Bonchev–Trinajstić information content (AvgIpc) is 2.96. The van der Waals surface area contributed by atoms with Gasteiger partial charge in [0.15, 0.2) is 0 Å². The lowest BCUT2D eigenvalue weighted by molar-refractivity contribution is -0.146. The number of amides is 2. The monoisotopic (exact) mass is 382 g/mol. The van der Waals surface area contributed by atoms with Crippen LogP contribution in [0.15, 0.2) is 18.2 Å². The van der Waals surface area contributed by atoms with E-state index in [1.807, 2.05) is 4.90 Å². The van der Waals surface area contributed by atoms with Crippen molar-refractivity contribution < 1.29 is 9.59 Å². The van der Waals surface area contributed by atoms with Gasteiger partial charge in [0, 0.05) is 29.7 Å². The van der Waals surface area contributed by atoms with Crippen LogP contribution < -0.4 is 5.32 Å². The second-order valence-corrected chi connectivity index (χ2v) is 7.89. The molecule has 1 saturated carbocycles. The molecule has 2 aliphatic rings. The summed E-state index contributed by atoms with van der Waals surface area (Å²) in [5, 5.41) is 3.69. The van der Waals surface area contributed by atoms with E-state index in [1.54, 1.807) is 25.2 Å². The molecule has 0 aromatic heterocycles. The van der Waals surface area contributed by atoms with E-state index in [-0.39, 0.29) is 24.3 Å². The van der Waals surface area contributed by atoms with Crippen molar-refractivity contribution in [2.75, 3.05) is 13.6 Å². The predicted molar refractivity (Wildman–Crippen MR) is 99.9 cm³/mol. The highest BCUT2D eigenvalue weighted by molar-refractivity contribution is 6.36. The summed E-state index contributed by atoms with van der Waals surface area (Å²) in [6.45, 7) is 0.624. The first-order valence-corrected chi connectivity index (χ1v) is 9.71. The maximum Gasteiger partial charge on any atom is 0.238 e. The number of hydrogen-bond acceptors (Lipinski definition) is 2. The van der Waals surface area contributed by atoms with Gasteiger partial charge < -0.3 is 10.2 Å². The van der Waals surface area contributed by atoms with Crippen molar-refractivity contribution in [3.8, 4) is 0 Å². The number of benzene rings is 1. The van der Waals surface area contributed by atoms with Crippen molar-refractivity contribution in [3.63, 3.8) is 0 Å². The van der Waals surface area contributed by atoms with E-state index in [0.29, 0.717) is 28.6 Å². The first-order chi connectivity index (χ1) is 12.0. The SMILES string of the molecule is CNC(=O)C1(Cc2c(Cl)cccc2Cl)CCN(C2CCCCC2)C1=O. The maximum atomic E-state index is 13.3. The lowest BCUT2D eigenvalue weighted by Gasteiger charge is -2.33. The number of nitrogens with one attached hydrogen (secondary N) is 1. The largest absolute Gasteiger partial charge is 0.358 e. The van der Waals surface area contributed by atoms with E-state index in [1.165, 1.54) is 6.42 Å². The first-order valence-electron chi connectivity index (χ1n) is 8.96. The minimum absolute atomic E-state index is 0.0743. The zero-order valence-electron chi connectivity index (χ0n) is 14.5. The molecule has 1 unspecified atom stereocenters. The predicted octanol–water partition coefficient (Wildman–Crippen LogP) is 3.83. The fourth-order valence-electron chi connectivity index (χ4n) is 4.23. The van der Waals surface area contributed by atoms with Crippen LogP contribution in [0.5, 0.6) is 0 Å². The Kier molecular flexibility index (Phi) is 5.59. The van der Waals surface area contributed by atoms with E-state index in [0.717, 1.165) is 25.7 Å². The quantitative estimate of drug-likeness (QED) is 0.804. The summed E-state index contributed by atoms with van der Waals surface area (Å²) in [5.41, 5.74) is -0.436. The normalized spacial score (nSPS) is 24.6. The van der Waals surface area contributed by atoms with Crippen molar-refractivity contribution in [1.82, 2.24) is 10.2 Å². The average molecular weight is 383 g/mol. The van der Waals surface area contributed by atoms with Crippen LogP contribution in [0.1, 0.15) is 44.1 Å². The van der Waals surface area contributed by atoms with Gasteiger partial charge in [0.2, 0.25) is 11.8 Å². The molecule has 1 aromatic carbocycles. The van der Waals surface area contributed by atoms with Crippen molar-refractivity contribution in [1.29, 1.82) is 0 Å². The smallest absolute Gasteiger partial charge is 0.238 e. The fourth-order valence-corrected chi connectivity index (χ4v) is 4.76. The van der Waals surface area contributed by atoms with Crippen molar-refractivity contribution in [3.05, 3.63) is 33.8 Å². The van der Waals surface area contributed by atoms with Gasteiger partial charge in [0.1, 0.15) is 5.41 Å². The van der Waals surface area contributed by atoms with Gasteiger partial charge in [0.25, 0.3) is 0 Å². The lowest BCUT2D eigenvalue weighted by Crippen LogP contribution is -2.49. The number of nitrogens with zero attached hydrogens (tertiary/aromatic N) is 1. The first kappa shape index (κ1) is 18.5. The third-order valence-electron chi connectivity index (χ3n) is 5.67. The molecule has 2 fully saturated rings. The topological polar surface area (TPSA) is 49.4 Å². The van der Waals surface area contributed by atoms with Gasteiger partial charge in [-0.2, -0.15) is 0 Å². The zero-order chi connectivity index (χ0) is 18.0. The molecule has 2 amide bonds. The number of rotatable bonds is 4. The molecular formula is C19H24Cl2N2O2. The molecule has 1 saturated heterocycles. The summed E-state index contributed by atoms with van der Waals surface area (Å²) in [4.78, 5) is 28.0. The lowest BCUT2D eigenvalue weighted by atomic mass is 9.79. The number of carbonyl (C=O) groups excluding carboxylic acids is 2. The zero-order valence-corrected chi connectivity index (χ0v) is 16.0. The molecule has 4 nitrogen and oxygen atoms in total. The minimum Gasteiger partial charge on any atom is -0.358 e. The molecule has 0 bridgehead atoms. The molecule has 25 heavy (non-hydrogen) atoms. The molecule has 6 heteroatoms. The highest BCUT2D eigenvalue weighted by atomic mass is 35.5. The molecule has 0 radical (unpaired) electrons. The van der Waals surface area contributed by atoms with Crippen LogP contribution >= 0.6 is 23.2 Å². The second kappa shape index (κ2) is 7.55. The van der Waals surface area contributed by atoms with Crippen molar-refractivity contribution >= 4 is 35.0 Å². The second-order valence-electron chi connectivity index (χ2n) is 7.08. The highest BCUT2D eigenvalue weighted by Crippen LogP contribution is 2.41. The Labute approximate surface area is 158 Å². The third-order valence-corrected chi connectivity index (χ3v) is 6.38. The van der Waals surface area contributed by atoms with Gasteiger partial charge in [-0.05, 0) is 43.4 Å². The Balaban J connectivity index is 1.92. The standard InChI is InChI=1S/C19H24Cl2N2O2/c1-22-17(24)19(12-14-15(20)8-5-9-16(14)21)10-11-23(18(19)25)13-6-3-2-4-7-13/h5,8-9,13H,2-4,6-7,10-12H2,1H3,(H,22,24). The van der Waals surface area contributed by atoms with E-state index in [2.05, 4.69) is 5.32 Å². The fraction of sp³-hybridized carbons (Fsp3) is 0.579. The van der Waals surface area contributed by atoms with E-state index in [4.69, 9.17) is 23.2 Å². The van der Waals surface area contributed by atoms with Gasteiger partial charge >= 0.3 is 0 Å². The van der Waals surface area contributed by atoms with Crippen molar-refractivity contribution in [2.45, 2.75) is 51.0 Å². The number of hydrogen-bond donors (Lipinski definition) is 1. The molecule has 1 heterocycles. The maximum absolute atomic E-state index is 13.3. The molecule has 1 aliphatic heterocycles. The molecule has 136 valence electrons. The van der Waals surface area contributed by atoms with Crippen LogP contribution in [-0.2, 0) is 16.0 Å². The Morgan fingerprint density at radius 2 is 1.88 bits per heavy atom. The third kappa shape index (κ3) is 3.39. The number of likely N-dealkylation sites (tertiary alicyclic amines) is 1. The van der Waals surface area contributed by atoms with E-state index in [9.17, 15) is 9.59 Å².